The zero-order valence-electron chi connectivity index (χ0n) is 11.7. The van der Waals surface area contributed by atoms with Gasteiger partial charge in [-0.1, -0.05) is 25.8 Å². The molecule has 2 unspecified atom stereocenters. The molecule has 2 rings (SSSR count). The largest absolute Gasteiger partial charge is 0.382 e. The molecule has 0 radical (unpaired) electrons. The number of nitrogens with one attached hydrogen (secondary N) is 1. The van der Waals surface area contributed by atoms with Crippen LogP contribution >= 0.6 is 0 Å². The van der Waals surface area contributed by atoms with E-state index >= 15 is 0 Å². The van der Waals surface area contributed by atoms with Crippen LogP contribution in [0.4, 0.5) is 11.4 Å². The molecule has 4 nitrogen and oxygen atoms in total. The fraction of sp³-hybridized carbons (Fsp3) is 0.600. The summed E-state index contributed by atoms with van der Waals surface area (Å²) in [5.74, 6) is 0.804. The SMILES string of the molecule is Cc1ccc([N+](=O)[O-])cc1NC1CCCC(C)CC1. The highest BCUT2D eigenvalue weighted by molar-refractivity contribution is 5.57. The van der Waals surface area contributed by atoms with Crippen molar-refractivity contribution >= 4 is 11.4 Å². The highest BCUT2D eigenvalue weighted by atomic mass is 16.6. The third-order valence-electron chi connectivity index (χ3n) is 4.05. The number of hydrogen-bond donors (Lipinski definition) is 1. The molecule has 1 N–H and O–H groups in total. The molecule has 0 heterocycles. The molecule has 1 aromatic carbocycles. The molecule has 1 fully saturated rings. The van der Waals surface area contributed by atoms with Crippen molar-refractivity contribution in [2.75, 3.05) is 5.32 Å². The van der Waals surface area contributed by atoms with Gasteiger partial charge in [-0.2, -0.15) is 0 Å². The number of hydrogen-bond acceptors (Lipinski definition) is 3. The predicted molar refractivity (Wildman–Crippen MR) is 77.5 cm³/mol. The van der Waals surface area contributed by atoms with Crippen LogP contribution in [0.3, 0.4) is 0 Å². The van der Waals surface area contributed by atoms with E-state index in [1.54, 1.807) is 12.1 Å². The van der Waals surface area contributed by atoms with Crippen molar-refractivity contribution in [2.45, 2.75) is 52.0 Å². The fourth-order valence-electron chi connectivity index (χ4n) is 2.73. The number of benzene rings is 1. The second kappa shape index (κ2) is 6.04. The van der Waals surface area contributed by atoms with Gasteiger partial charge in [0.2, 0.25) is 0 Å². The first-order valence-corrected chi connectivity index (χ1v) is 7.08. The summed E-state index contributed by atoms with van der Waals surface area (Å²) in [5, 5.41) is 14.3. The molecule has 0 aliphatic heterocycles. The maximum atomic E-state index is 10.8. The minimum Gasteiger partial charge on any atom is -0.382 e. The van der Waals surface area contributed by atoms with Gasteiger partial charge in [-0.05, 0) is 37.7 Å². The third-order valence-corrected chi connectivity index (χ3v) is 4.05. The molecular formula is C15H22N2O2. The summed E-state index contributed by atoms with van der Waals surface area (Å²) in [6.45, 7) is 4.30. The zero-order valence-corrected chi connectivity index (χ0v) is 11.7. The van der Waals surface area contributed by atoms with Gasteiger partial charge in [-0.25, -0.2) is 0 Å². The Morgan fingerprint density at radius 3 is 2.79 bits per heavy atom. The standard InChI is InChI=1S/C15H22N2O2/c1-11-4-3-5-13(8-6-11)16-15-10-14(17(18)19)9-7-12(15)2/h7,9-11,13,16H,3-6,8H2,1-2H3. The monoisotopic (exact) mass is 262 g/mol. The lowest BCUT2D eigenvalue weighted by atomic mass is 10.0. The second-order valence-electron chi connectivity index (χ2n) is 5.71. The molecule has 19 heavy (non-hydrogen) atoms. The van der Waals surface area contributed by atoms with Gasteiger partial charge in [0, 0.05) is 23.9 Å². The number of nitro benzene ring substituents is 1. The van der Waals surface area contributed by atoms with E-state index in [1.807, 2.05) is 13.0 Å². The van der Waals surface area contributed by atoms with Crippen molar-refractivity contribution in [1.29, 1.82) is 0 Å². The van der Waals surface area contributed by atoms with E-state index in [9.17, 15) is 10.1 Å². The van der Waals surface area contributed by atoms with Gasteiger partial charge in [0.05, 0.1) is 4.92 Å². The predicted octanol–water partition coefficient (Wildman–Crippen LogP) is 4.28. The molecule has 2 atom stereocenters. The number of anilines is 1. The van der Waals surface area contributed by atoms with E-state index in [1.165, 1.54) is 19.3 Å². The van der Waals surface area contributed by atoms with E-state index in [4.69, 9.17) is 0 Å². The molecule has 0 aromatic heterocycles. The Morgan fingerprint density at radius 2 is 2.05 bits per heavy atom. The second-order valence-corrected chi connectivity index (χ2v) is 5.71. The van der Waals surface area contributed by atoms with E-state index < -0.39 is 0 Å². The molecule has 4 heteroatoms. The summed E-state index contributed by atoms with van der Waals surface area (Å²) < 4.78 is 0. The summed E-state index contributed by atoms with van der Waals surface area (Å²) in [6, 6.07) is 5.49. The number of non-ortho nitro benzene ring substituents is 1. The Hall–Kier alpha value is -1.58. The molecule has 0 saturated heterocycles. The number of aryl methyl sites for hydroxylation is 1. The molecule has 104 valence electrons. The van der Waals surface area contributed by atoms with Crippen molar-refractivity contribution < 1.29 is 4.92 Å². The lowest BCUT2D eigenvalue weighted by molar-refractivity contribution is -0.384. The average Bonchev–Trinajstić information content (AvgIpc) is 2.57. The molecule has 0 bridgehead atoms. The van der Waals surface area contributed by atoms with Crippen LogP contribution in [-0.2, 0) is 0 Å². The highest BCUT2D eigenvalue weighted by Gasteiger charge is 2.17. The topological polar surface area (TPSA) is 55.2 Å². The third kappa shape index (κ3) is 3.69. The van der Waals surface area contributed by atoms with Crippen LogP contribution in [0.5, 0.6) is 0 Å². The van der Waals surface area contributed by atoms with Crippen LogP contribution in [-0.4, -0.2) is 11.0 Å². The van der Waals surface area contributed by atoms with Crippen LogP contribution in [0.2, 0.25) is 0 Å². The molecular weight excluding hydrogens is 240 g/mol. The van der Waals surface area contributed by atoms with Crippen LogP contribution in [0, 0.1) is 23.0 Å². The molecule has 1 aliphatic carbocycles. The Bertz CT molecular complexity index is 459. The number of rotatable bonds is 3. The van der Waals surface area contributed by atoms with Crippen molar-refractivity contribution in [3.8, 4) is 0 Å². The van der Waals surface area contributed by atoms with Gasteiger partial charge in [0.25, 0.3) is 5.69 Å². The minimum absolute atomic E-state index is 0.162. The van der Waals surface area contributed by atoms with Crippen molar-refractivity contribution in [3.05, 3.63) is 33.9 Å². The Balaban J connectivity index is 2.09. The van der Waals surface area contributed by atoms with E-state index in [-0.39, 0.29) is 10.6 Å². The molecule has 0 amide bonds. The van der Waals surface area contributed by atoms with Crippen molar-refractivity contribution in [1.82, 2.24) is 0 Å². The maximum absolute atomic E-state index is 10.8. The lowest BCUT2D eigenvalue weighted by Crippen LogP contribution is -2.19. The Morgan fingerprint density at radius 1 is 1.26 bits per heavy atom. The Kier molecular flexibility index (Phi) is 4.40. The van der Waals surface area contributed by atoms with Crippen LogP contribution in [0.1, 0.15) is 44.6 Å². The first-order chi connectivity index (χ1) is 9.06. The fourth-order valence-corrected chi connectivity index (χ4v) is 2.73. The smallest absolute Gasteiger partial charge is 0.271 e. The van der Waals surface area contributed by atoms with Crippen molar-refractivity contribution in [2.24, 2.45) is 5.92 Å². The normalized spacial score (nSPS) is 23.7. The summed E-state index contributed by atoms with van der Waals surface area (Å²) >= 11 is 0. The summed E-state index contributed by atoms with van der Waals surface area (Å²) in [7, 11) is 0. The van der Waals surface area contributed by atoms with Gasteiger partial charge in [-0.15, -0.1) is 0 Å². The number of nitrogens with zero attached hydrogens (tertiary/aromatic N) is 1. The first-order valence-electron chi connectivity index (χ1n) is 7.08. The van der Waals surface area contributed by atoms with E-state index in [0.29, 0.717) is 6.04 Å². The lowest BCUT2D eigenvalue weighted by Gasteiger charge is -2.19. The van der Waals surface area contributed by atoms with Crippen LogP contribution < -0.4 is 5.32 Å². The quantitative estimate of drug-likeness (QED) is 0.502. The van der Waals surface area contributed by atoms with Gasteiger partial charge in [0.1, 0.15) is 0 Å². The Labute approximate surface area is 114 Å². The first kappa shape index (κ1) is 13.8. The zero-order chi connectivity index (χ0) is 13.8. The van der Waals surface area contributed by atoms with Crippen LogP contribution in [0.25, 0.3) is 0 Å². The van der Waals surface area contributed by atoms with Gasteiger partial charge < -0.3 is 5.32 Å². The van der Waals surface area contributed by atoms with Gasteiger partial charge in [0.15, 0.2) is 0 Å². The number of nitro groups is 1. The molecule has 1 aliphatic rings. The molecule has 0 spiro atoms. The minimum atomic E-state index is -0.334. The van der Waals surface area contributed by atoms with E-state index in [0.717, 1.165) is 30.0 Å². The van der Waals surface area contributed by atoms with E-state index in [2.05, 4.69) is 12.2 Å². The van der Waals surface area contributed by atoms with Crippen molar-refractivity contribution in [3.63, 3.8) is 0 Å². The van der Waals surface area contributed by atoms with Gasteiger partial charge >= 0.3 is 0 Å². The van der Waals surface area contributed by atoms with Gasteiger partial charge in [-0.3, -0.25) is 10.1 Å². The van der Waals surface area contributed by atoms with Crippen LogP contribution in [0.15, 0.2) is 18.2 Å². The summed E-state index contributed by atoms with van der Waals surface area (Å²) in [5.41, 5.74) is 2.15. The average molecular weight is 262 g/mol. The molecule has 1 aromatic rings. The summed E-state index contributed by atoms with van der Waals surface area (Å²) in [6.07, 6.45) is 6.10. The molecule has 1 saturated carbocycles. The maximum Gasteiger partial charge on any atom is 0.271 e. The summed E-state index contributed by atoms with van der Waals surface area (Å²) in [4.78, 5) is 10.5. The highest BCUT2D eigenvalue weighted by Crippen LogP contribution is 2.28.